The zero-order chi connectivity index (χ0) is 26.5. The van der Waals surface area contributed by atoms with E-state index in [9.17, 15) is 33.9 Å². The van der Waals surface area contributed by atoms with Gasteiger partial charge in [-0.05, 0) is 57.2 Å². The van der Waals surface area contributed by atoms with Crippen LogP contribution < -0.4 is 10.2 Å². The number of anilines is 1. The number of benzene rings is 1. The Morgan fingerprint density at radius 1 is 0.946 bits per heavy atom. The number of imide groups is 2. The fourth-order valence-electron chi connectivity index (χ4n) is 5.73. The molecule has 0 saturated carbocycles. The summed E-state index contributed by atoms with van der Waals surface area (Å²) in [5.74, 6) is -3.01. The lowest BCUT2D eigenvalue weighted by molar-refractivity contribution is -0.154. The maximum atomic E-state index is 13.1. The van der Waals surface area contributed by atoms with Crippen LogP contribution in [0.25, 0.3) is 0 Å². The third kappa shape index (κ3) is 4.36. The third-order valence-electron chi connectivity index (χ3n) is 8.33. The summed E-state index contributed by atoms with van der Waals surface area (Å²) in [5.41, 5.74) is 0.466. The van der Waals surface area contributed by atoms with E-state index in [1.807, 2.05) is 0 Å². The highest BCUT2D eigenvalue weighted by molar-refractivity contribution is 6.23. The summed E-state index contributed by atoms with van der Waals surface area (Å²) < 4.78 is 0. The molecule has 0 aliphatic carbocycles. The fourth-order valence-corrected chi connectivity index (χ4v) is 5.73. The van der Waals surface area contributed by atoms with Crippen LogP contribution in [-0.4, -0.2) is 82.6 Å². The quantitative estimate of drug-likeness (QED) is 0.571. The molecule has 1 atom stereocenters. The van der Waals surface area contributed by atoms with Gasteiger partial charge in [0, 0.05) is 44.2 Å². The zero-order valence-corrected chi connectivity index (χ0v) is 20.7. The van der Waals surface area contributed by atoms with Crippen molar-refractivity contribution in [2.45, 2.75) is 51.5 Å². The number of hydrogen-bond donors (Lipinski definition) is 2. The number of rotatable bonds is 4. The van der Waals surface area contributed by atoms with Gasteiger partial charge in [-0.2, -0.15) is 0 Å². The van der Waals surface area contributed by atoms with E-state index in [0.29, 0.717) is 51.9 Å². The Morgan fingerprint density at radius 2 is 1.59 bits per heavy atom. The van der Waals surface area contributed by atoms with E-state index in [2.05, 4.69) is 10.2 Å². The van der Waals surface area contributed by atoms with E-state index >= 15 is 0 Å². The van der Waals surface area contributed by atoms with E-state index in [4.69, 9.17) is 0 Å². The Morgan fingerprint density at radius 3 is 2.22 bits per heavy atom. The standard InChI is InChI=1S/C26H30N4O7/c1-26(25(36)37)8-12-29(13-9-26)22(33)15-6-10-28(11-7-15)16-2-3-17-18(14-16)24(35)30(23(17)34)19-4-5-20(31)27-21(19)32/h2-3,14-15,19H,4-13H2,1H3,(H,36,37)(H,27,31,32). The number of hydrogen-bond acceptors (Lipinski definition) is 7. The summed E-state index contributed by atoms with van der Waals surface area (Å²) >= 11 is 0. The van der Waals surface area contributed by atoms with Crippen LogP contribution in [-0.2, 0) is 19.2 Å². The number of aliphatic carboxylic acids is 1. The molecule has 4 heterocycles. The highest BCUT2D eigenvalue weighted by Gasteiger charge is 2.45. The lowest BCUT2D eigenvalue weighted by atomic mass is 9.80. The number of carbonyl (C=O) groups excluding carboxylic acids is 5. The molecule has 4 aliphatic rings. The van der Waals surface area contributed by atoms with E-state index in [-0.39, 0.29) is 35.8 Å². The smallest absolute Gasteiger partial charge is 0.309 e. The monoisotopic (exact) mass is 510 g/mol. The Balaban J connectivity index is 1.21. The average molecular weight is 511 g/mol. The first kappa shape index (κ1) is 24.9. The van der Waals surface area contributed by atoms with Crippen LogP contribution in [0.3, 0.4) is 0 Å². The molecule has 3 fully saturated rings. The topological polar surface area (TPSA) is 144 Å². The number of likely N-dealkylation sites (tertiary alicyclic amines) is 1. The fraction of sp³-hybridized carbons (Fsp3) is 0.538. The van der Waals surface area contributed by atoms with E-state index in [1.165, 1.54) is 0 Å². The van der Waals surface area contributed by atoms with Crippen LogP contribution in [0.15, 0.2) is 18.2 Å². The maximum Gasteiger partial charge on any atom is 0.309 e. The van der Waals surface area contributed by atoms with Gasteiger partial charge >= 0.3 is 5.97 Å². The predicted molar refractivity (Wildman–Crippen MR) is 130 cm³/mol. The van der Waals surface area contributed by atoms with E-state index in [1.54, 1.807) is 30.0 Å². The summed E-state index contributed by atoms with van der Waals surface area (Å²) in [6.45, 7) is 3.84. The largest absolute Gasteiger partial charge is 0.481 e. The molecule has 1 aromatic carbocycles. The highest BCUT2D eigenvalue weighted by Crippen LogP contribution is 2.34. The van der Waals surface area contributed by atoms with Crippen molar-refractivity contribution in [2.75, 3.05) is 31.1 Å². The minimum atomic E-state index is -1.00. The average Bonchev–Trinajstić information content (AvgIpc) is 3.13. The molecule has 196 valence electrons. The van der Waals surface area contributed by atoms with Crippen LogP contribution in [0.1, 0.15) is 66.2 Å². The van der Waals surface area contributed by atoms with Crippen molar-refractivity contribution in [3.63, 3.8) is 0 Å². The molecule has 4 aliphatic heterocycles. The maximum absolute atomic E-state index is 13.1. The van der Waals surface area contributed by atoms with Crippen LogP contribution >= 0.6 is 0 Å². The van der Waals surface area contributed by atoms with Gasteiger partial charge in [0.1, 0.15) is 6.04 Å². The Labute approximate surface area is 213 Å². The minimum Gasteiger partial charge on any atom is -0.481 e. The van der Waals surface area contributed by atoms with Crippen molar-refractivity contribution in [2.24, 2.45) is 11.3 Å². The molecule has 1 unspecified atom stereocenters. The number of nitrogens with zero attached hydrogens (tertiary/aromatic N) is 3. The van der Waals surface area contributed by atoms with Gasteiger partial charge in [0.05, 0.1) is 16.5 Å². The van der Waals surface area contributed by atoms with Crippen LogP contribution in [0.4, 0.5) is 5.69 Å². The normalized spacial score (nSPS) is 24.2. The number of piperidine rings is 3. The van der Waals surface area contributed by atoms with Crippen molar-refractivity contribution in [1.82, 2.24) is 15.1 Å². The van der Waals surface area contributed by atoms with Crippen molar-refractivity contribution in [3.05, 3.63) is 29.3 Å². The zero-order valence-electron chi connectivity index (χ0n) is 20.7. The van der Waals surface area contributed by atoms with Gasteiger partial charge in [-0.1, -0.05) is 0 Å². The lowest BCUT2D eigenvalue weighted by Crippen LogP contribution is -2.54. The summed E-state index contributed by atoms with van der Waals surface area (Å²) in [7, 11) is 0. The Hall–Kier alpha value is -3.76. The Bertz CT molecular complexity index is 1200. The van der Waals surface area contributed by atoms with Gasteiger partial charge in [-0.25, -0.2) is 0 Å². The summed E-state index contributed by atoms with van der Waals surface area (Å²) in [5, 5.41) is 11.6. The number of carbonyl (C=O) groups is 6. The lowest BCUT2D eigenvalue weighted by Gasteiger charge is -2.40. The first-order chi connectivity index (χ1) is 17.6. The van der Waals surface area contributed by atoms with Crippen LogP contribution in [0, 0.1) is 11.3 Å². The van der Waals surface area contributed by atoms with Crippen LogP contribution in [0.2, 0.25) is 0 Å². The Kier molecular flexibility index (Phi) is 6.25. The number of carboxylic acid groups (broad SMARTS) is 1. The first-order valence-electron chi connectivity index (χ1n) is 12.7. The van der Waals surface area contributed by atoms with Gasteiger partial charge in [0.25, 0.3) is 11.8 Å². The van der Waals surface area contributed by atoms with Crippen molar-refractivity contribution in [1.29, 1.82) is 0 Å². The number of nitrogens with one attached hydrogen (secondary N) is 1. The molecule has 1 aromatic rings. The minimum absolute atomic E-state index is 0.0685. The number of carboxylic acids is 1. The molecule has 0 aromatic heterocycles. The van der Waals surface area contributed by atoms with Gasteiger partial charge in [0.2, 0.25) is 17.7 Å². The highest BCUT2D eigenvalue weighted by atomic mass is 16.4. The predicted octanol–water partition coefficient (Wildman–Crippen LogP) is 1.02. The summed E-state index contributed by atoms with van der Waals surface area (Å²) in [6.07, 6.45) is 2.35. The van der Waals surface area contributed by atoms with E-state index in [0.717, 1.165) is 10.6 Å². The molecule has 11 nitrogen and oxygen atoms in total. The van der Waals surface area contributed by atoms with Gasteiger partial charge in [-0.3, -0.25) is 39.0 Å². The number of fused-ring (bicyclic) bond motifs is 1. The molecule has 5 rings (SSSR count). The van der Waals surface area contributed by atoms with Gasteiger partial charge < -0.3 is 14.9 Å². The molecule has 0 bridgehead atoms. The van der Waals surface area contributed by atoms with E-state index < -0.39 is 41.1 Å². The van der Waals surface area contributed by atoms with Crippen LogP contribution in [0.5, 0.6) is 0 Å². The molecular weight excluding hydrogens is 480 g/mol. The molecule has 37 heavy (non-hydrogen) atoms. The van der Waals surface area contributed by atoms with Crippen molar-refractivity contribution in [3.8, 4) is 0 Å². The molecule has 5 amide bonds. The SMILES string of the molecule is CC1(C(=O)O)CCN(C(=O)C2CCN(c3ccc4c(c3)C(=O)N(C3CCC(=O)NC3=O)C4=O)CC2)CC1. The van der Waals surface area contributed by atoms with Gasteiger partial charge in [0.15, 0.2) is 0 Å². The molecular formula is C26H30N4O7. The molecule has 0 radical (unpaired) electrons. The first-order valence-corrected chi connectivity index (χ1v) is 12.7. The molecule has 11 heteroatoms. The van der Waals surface area contributed by atoms with Crippen molar-refractivity contribution >= 4 is 41.2 Å². The molecule has 0 spiro atoms. The summed E-state index contributed by atoms with van der Waals surface area (Å²) in [4.78, 5) is 79.1. The second kappa shape index (κ2) is 9.28. The second-order valence-corrected chi connectivity index (χ2v) is 10.6. The molecule has 2 N–H and O–H groups in total. The molecule has 3 saturated heterocycles. The number of amides is 5. The summed E-state index contributed by atoms with van der Waals surface area (Å²) in [6, 6.07) is 4.04. The third-order valence-corrected chi connectivity index (χ3v) is 8.33. The van der Waals surface area contributed by atoms with Crippen molar-refractivity contribution < 1.29 is 33.9 Å². The second-order valence-electron chi connectivity index (χ2n) is 10.6. The van der Waals surface area contributed by atoms with Gasteiger partial charge in [-0.15, -0.1) is 0 Å².